The fourth-order valence-electron chi connectivity index (χ4n) is 1.42. The predicted molar refractivity (Wildman–Crippen MR) is 104 cm³/mol. The molecule has 0 radical (unpaired) electrons. The summed E-state index contributed by atoms with van der Waals surface area (Å²) in [6.07, 6.45) is 1.44. The lowest BCUT2D eigenvalue weighted by molar-refractivity contribution is 0.242. The quantitative estimate of drug-likeness (QED) is 0.387. The summed E-state index contributed by atoms with van der Waals surface area (Å²) in [4.78, 5) is 18.4. The number of rotatable bonds is 7. The average Bonchev–Trinajstić information content (AvgIpc) is 2.45. The first-order valence-corrected chi connectivity index (χ1v) is 12.1. The average molecular weight is 390 g/mol. The van der Waals surface area contributed by atoms with E-state index >= 15 is 0 Å². The van der Waals surface area contributed by atoms with Gasteiger partial charge in [-0.3, -0.25) is 9.13 Å². The van der Waals surface area contributed by atoms with Gasteiger partial charge in [0.25, 0.3) is 0 Å². The van der Waals surface area contributed by atoms with Gasteiger partial charge in [-0.2, -0.15) is 0 Å². The van der Waals surface area contributed by atoms with Crippen LogP contribution in [-0.4, -0.2) is 55.8 Å². The summed E-state index contributed by atoms with van der Waals surface area (Å²) in [5.41, 5.74) is -0.398. The molecule has 0 aromatic carbocycles. The second kappa shape index (κ2) is 14.5. The van der Waals surface area contributed by atoms with Gasteiger partial charge in [0.1, 0.15) is 0 Å². The molecule has 0 heterocycles. The molecule has 0 aliphatic rings. The maximum atomic E-state index is 11.2. The molecule has 6 nitrogen and oxygen atoms in total. The fraction of sp³-hybridized carbons (Fsp3) is 1.00. The van der Waals surface area contributed by atoms with Gasteiger partial charge in [-0.15, -0.1) is 0 Å². The fourth-order valence-corrected chi connectivity index (χ4v) is 3.80. The van der Waals surface area contributed by atoms with Crippen molar-refractivity contribution in [3.8, 4) is 0 Å². The highest BCUT2D eigenvalue weighted by Gasteiger charge is 2.27. The van der Waals surface area contributed by atoms with Crippen LogP contribution in [0, 0.1) is 0 Å². The van der Waals surface area contributed by atoms with Crippen LogP contribution in [0.2, 0.25) is 0 Å². The van der Waals surface area contributed by atoms with Crippen molar-refractivity contribution in [2.45, 2.75) is 90.9 Å². The van der Waals surface area contributed by atoms with E-state index in [1.807, 2.05) is 0 Å². The molecule has 0 atom stereocenters. The minimum atomic E-state index is -2.84. The molecule has 0 amide bonds. The lowest BCUT2D eigenvalue weighted by atomic mass is 10.3. The van der Waals surface area contributed by atoms with Crippen LogP contribution in [0.15, 0.2) is 0 Å². The Morgan fingerprint density at radius 3 is 0.792 bits per heavy atom. The molecule has 0 saturated carbocycles. The molecule has 0 bridgehead atoms. The number of hydrogen-bond donors (Lipinski definition) is 4. The van der Waals surface area contributed by atoms with Gasteiger partial charge in [-0.05, 0) is 12.8 Å². The minimum absolute atomic E-state index is 0.0995. The Balaban J connectivity index is -0.000000282. The summed E-state index contributed by atoms with van der Waals surface area (Å²) in [5.74, 6) is 0. The van der Waals surface area contributed by atoms with Crippen LogP contribution in [0.5, 0.6) is 0 Å². The molecule has 4 N–H and O–H groups in total. The zero-order chi connectivity index (χ0) is 20.1. The normalized spacial score (nSPS) is 12.2. The van der Waals surface area contributed by atoms with Crippen LogP contribution >= 0.6 is 14.7 Å². The van der Waals surface area contributed by atoms with E-state index in [0.29, 0.717) is 0 Å². The second-order valence-electron chi connectivity index (χ2n) is 6.87. The topological polar surface area (TPSA) is 115 Å². The maximum Gasteiger partial charge on any atom is 0.205 e. The summed E-state index contributed by atoms with van der Waals surface area (Å²) < 4.78 is 22.3. The largest absolute Gasteiger partial charge is 0.396 e. The third-order valence-electron chi connectivity index (χ3n) is 3.53. The molecule has 0 aliphatic heterocycles. The van der Waals surface area contributed by atoms with Crippen LogP contribution in [0.1, 0.15) is 68.2 Å². The SMILES string of the molecule is CC(C)P(=O)(O)C(C)C.CC(C)P(=O)(O)C(C)C.OCCCCO. The van der Waals surface area contributed by atoms with Crippen LogP contribution in [0.3, 0.4) is 0 Å². The number of hydrogen-bond acceptors (Lipinski definition) is 4. The third kappa shape index (κ3) is 13.6. The molecular weight excluding hydrogens is 350 g/mol. The number of unbranched alkanes of at least 4 members (excludes halogenated alkanes) is 1. The minimum Gasteiger partial charge on any atom is -0.396 e. The lowest BCUT2D eigenvalue weighted by Crippen LogP contribution is -2.06. The van der Waals surface area contributed by atoms with Crippen molar-refractivity contribution in [1.82, 2.24) is 0 Å². The van der Waals surface area contributed by atoms with Gasteiger partial charge in [0.05, 0.1) is 0 Å². The van der Waals surface area contributed by atoms with Gasteiger partial charge in [-0.1, -0.05) is 55.4 Å². The van der Waals surface area contributed by atoms with Crippen LogP contribution in [-0.2, 0) is 9.13 Å². The van der Waals surface area contributed by atoms with Crippen molar-refractivity contribution < 1.29 is 29.1 Å². The van der Waals surface area contributed by atoms with Crippen molar-refractivity contribution in [2.24, 2.45) is 0 Å². The van der Waals surface area contributed by atoms with Crippen LogP contribution in [0.4, 0.5) is 0 Å². The van der Waals surface area contributed by atoms with Gasteiger partial charge in [-0.25, -0.2) is 0 Å². The molecule has 150 valence electrons. The van der Waals surface area contributed by atoms with E-state index in [9.17, 15) is 18.9 Å². The predicted octanol–water partition coefficient (Wildman–Crippen LogP) is 3.90. The highest BCUT2D eigenvalue weighted by atomic mass is 31.2. The molecule has 0 aromatic heterocycles. The molecule has 0 rings (SSSR count). The summed E-state index contributed by atoms with van der Waals surface area (Å²) in [6, 6.07) is 0. The summed E-state index contributed by atoms with van der Waals surface area (Å²) in [6.45, 7) is 14.6. The summed E-state index contributed by atoms with van der Waals surface area (Å²) in [5, 5.41) is 16.2. The molecule has 0 spiro atoms. The highest BCUT2D eigenvalue weighted by Crippen LogP contribution is 2.50. The van der Waals surface area contributed by atoms with Crippen molar-refractivity contribution >= 4 is 14.7 Å². The van der Waals surface area contributed by atoms with E-state index < -0.39 is 14.7 Å². The Labute approximate surface area is 148 Å². The molecule has 0 aromatic rings. The van der Waals surface area contributed by atoms with Crippen molar-refractivity contribution in [1.29, 1.82) is 0 Å². The zero-order valence-electron chi connectivity index (χ0n) is 16.6. The number of aliphatic hydroxyl groups excluding tert-OH is 2. The molecule has 0 fully saturated rings. The zero-order valence-corrected chi connectivity index (χ0v) is 18.4. The van der Waals surface area contributed by atoms with Gasteiger partial charge < -0.3 is 20.0 Å². The first kappa shape index (κ1) is 29.1. The van der Waals surface area contributed by atoms with Gasteiger partial charge in [0, 0.05) is 35.8 Å². The van der Waals surface area contributed by atoms with Crippen molar-refractivity contribution in [2.75, 3.05) is 13.2 Å². The lowest BCUT2D eigenvalue weighted by Gasteiger charge is -2.18. The first-order valence-electron chi connectivity index (χ1n) is 8.55. The van der Waals surface area contributed by atoms with E-state index in [4.69, 9.17) is 10.2 Å². The van der Waals surface area contributed by atoms with Gasteiger partial charge in [0.15, 0.2) is 0 Å². The van der Waals surface area contributed by atoms with Gasteiger partial charge in [0.2, 0.25) is 14.7 Å². The van der Waals surface area contributed by atoms with Gasteiger partial charge >= 0.3 is 0 Å². The molecule has 8 heteroatoms. The first-order chi connectivity index (χ1) is 10.7. The highest BCUT2D eigenvalue weighted by molar-refractivity contribution is 7.59. The summed E-state index contributed by atoms with van der Waals surface area (Å²) >= 11 is 0. The second-order valence-corrected chi connectivity index (χ2v) is 13.7. The standard InChI is InChI=1S/2C6H15O2P.C4H10O2/c2*1-5(2)9(7,8)6(3)4;5-3-1-2-4-6/h2*5-6H,1-4H3,(H,7,8);5-6H,1-4H2. The molecule has 0 saturated heterocycles. The molecule has 0 aliphatic carbocycles. The van der Waals surface area contributed by atoms with E-state index in [2.05, 4.69) is 0 Å². The van der Waals surface area contributed by atoms with Crippen molar-refractivity contribution in [3.63, 3.8) is 0 Å². The third-order valence-corrected chi connectivity index (χ3v) is 9.45. The molecule has 0 unspecified atom stereocenters. The van der Waals surface area contributed by atoms with E-state index in [1.165, 1.54) is 0 Å². The van der Waals surface area contributed by atoms with E-state index in [1.54, 1.807) is 55.4 Å². The Morgan fingerprint density at radius 1 is 0.583 bits per heavy atom. The molecule has 24 heavy (non-hydrogen) atoms. The monoisotopic (exact) mass is 390 g/mol. The number of aliphatic hydroxyl groups is 2. The van der Waals surface area contributed by atoms with Crippen LogP contribution < -0.4 is 0 Å². The van der Waals surface area contributed by atoms with Crippen LogP contribution in [0.25, 0.3) is 0 Å². The Bertz CT molecular complexity index is 321. The Kier molecular flexibility index (Phi) is 17.5. The smallest absolute Gasteiger partial charge is 0.205 e. The molecular formula is C16H40O6P2. The van der Waals surface area contributed by atoms with E-state index in [0.717, 1.165) is 12.8 Å². The summed E-state index contributed by atoms with van der Waals surface area (Å²) in [7, 11) is -5.67. The van der Waals surface area contributed by atoms with Crippen molar-refractivity contribution in [3.05, 3.63) is 0 Å². The Morgan fingerprint density at radius 2 is 0.750 bits per heavy atom. The van der Waals surface area contributed by atoms with E-state index in [-0.39, 0.29) is 35.8 Å². The maximum absolute atomic E-state index is 11.2. The Hall–Kier alpha value is 0.300.